The molecule has 0 N–H and O–H groups in total. The van der Waals surface area contributed by atoms with Crippen molar-refractivity contribution in [2.24, 2.45) is 0 Å². The van der Waals surface area contributed by atoms with Gasteiger partial charge in [0.15, 0.2) is 0 Å². The van der Waals surface area contributed by atoms with E-state index in [1.165, 1.54) is 0 Å². The van der Waals surface area contributed by atoms with Gasteiger partial charge in [-0.3, -0.25) is 0 Å². The number of hydrogen-bond acceptors (Lipinski definition) is 5. The molecule has 0 unspecified atom stereocenters. The third kappa shape index (κ3) is 4.16. The summed E-state index contributed by atoms with van der Waals surface area (Å²) < 4.78 is 5.89. The maximum absolute atomic E-state index is 5.89. The van der Waals surface area contributed by atoms with Crippen molar-refractivity contribution >= 4 is 11.0 Å². The highest BCUT2D eigenvalue weighted by molar-refractivity contribution is 5.79. The molecule has 6 rings (SSSR count). The Morgan fingerprint density at radius 3 is 1.56 bits per heavy atom. The molecule has 174 valence electrons. The molecule has 5 heteroatoms. The fraction of sp³-hybridized carbons (Fsp3) is 0.0968. The Bertz CT molecular complexity index is 1640. The summed E-state index contributed by atoms with van der Waals surface area (Å²) in [6, 6.07) is 34.5. The third-order valence-electron chi connectivity index (χ3n) is 6.21. The van der Waals surface area contributed by atoms with E-state index in [0.717, 1.165) is 50.2 Å². The summed E-state index contributed by atoms with van der Waals surface area (Å²) in [5, 5.41) is 8.42. The van der Waals surface area contributed by atoms with Crippen LogP contribution in [0, 0.1) is 0 Å². The van der Waals surface area contributed by atoms with Crippen LogP contribution in [0.25, 0.3) is 56.3 Å². The molecule has 0 spiro atoms. The Kier molecular flexibility index (Phi) is 5.58. The molecule has 0 saturated carbocycles. The highest BCUT2D eigenvalue weighted by atomic mass is 16.4. The van der Waals surface area contributed by atoms with E-state index in [0.29, 0.717) is 11.8 Å². The van der Waals surface area contributed by atoms with Crippen LogP contribution in [0.2, 0.25) is 0 Å². The molecule has 0 fully saturated rings. The highest BCUT2D eigenvalue weighted by Crippen LogP contribution is 2.31. The normalized spacial score (nSPS) is 11.3. The third-order valence-corrected chi connectivity index (χ3v) is 6.21. The van der Waals surface area contributed by atoms with Crippen LogP contribution in [0.3, 0.4) is 0 Å². The molecule has 36 heavy (non-hydrogen) atoms. The van der Waals surface area contributed by atoms with Gasteiger partial charge in [-0.05, 0) is 53.4 Å². The van der Waals surface area contributed by atoms with Gasteiger partial charge in [-0.25, -0.2) is 9.97 Å². The minimum Gasteiger partial charge on any atom is -0.416 e. The van der Waals surface area contributed by atoms with Crippen molar-refractivity contribution in [1.29, 1.82) is 0 Å². The second kappa shape index (κ2) is 9.19. The molecule has 0 aliphatic rings. The fourth-order valence-corrected chi connectivity index (χ4v) is 4.29. The van der Waals surface area contributed by atoms with Gasteiger partial charge in [-0.15, -0.1) is 10.2 Å². The number of nitrogens with zero attached hydrogens (tertiary/aromatic N) is 4. The van der Waals surface area contributed by atoms with Gasteiger partial charge in [-0.2, -0.15) is 0 Å². The second-order valence-corrected chi connectivity index (χ2v) is 9.03. The van der Waals surface area contributed by atoms with Crippen molar-refractivity contribution in [3.8, 4) is 45.3 Å². The average molecular weight is 469 g/mol. The zero-order valence-electron chi connectivity index (χ0n) is 20.1. The Hall–Kier alpha value is -4.64. The molecule has 0 radical (unpaired) electrons. The zero-order chi connectivity index (χ0) is 24.5. The number of hydrogen-bond donors (Lipinski definition) is 0. The topological polar surface area (TPSA) is 64.7 Å². The van der Waals surface area contributed by atoms with E-state index in [-0.39, 0.29) is 5.92 Å². The molecular formula is C31H24N4O. The van der Waals surface area contributed by atoms with Gasteiger partial charge < -0.3 is 4.42 Å². The van der Waals surface area contributed by atoms with Crippen LogP contribution in [0.5, 0.6) is 0 Å². The van der Waals surface area contributed by atoms with Crippen molar-refractivity contribution in [1.82, 2.24) is 20.2 Å². The summed E-state index contributed by atoms with van der Waals surface area (Å²) in [4.78, 5) is 9.86. The smallest absolute Gasteiger partial charge is 0.248 e. The van der Waals surface area contributed by atoms with E-state index in [2.05, 4.69) is 60.4 Å². The number of para-hydroxylation sites is 2. The summed E-state index contributed by atoms with van der Waals surface area (Å²) in [6.45, 7) is 4.31. The van der Waals surface area contributed by atoms with Gasteiger partial charge in [0.25, 0.3) is 0 Å². The molecule has 0 saturated heterocycles. The highest BCUT2D eigenvalue weighted by Gasteiger charge is 2.15. The van der Waals surface area contributed by atoms with Crippen LogP contribution in [0.1, 0.15) is 25.5 Å². The lowest BCUT2D eigenvalue weighted by Crippen LogP contribution is -2.00. The number of benzene rings is 4. The van der Waals surface area contributed by atoms with E-state index in [1.807, 2.05) is 66.7 Å². The molecular weight excluding hydrogens is 444 g/mol. The molecule has 0 amide bonds. The fourth-order valence-electron chi connectivity index (χ4n) is 4.29. The summed E-state index contributed by atoms with van der Waals surface area (Å²) in [7, 11) is 0. The lowest BCUT2D eigenvalue weighted by Gasteiger charge is -2.13. The van der Waals surface area contributed by atoms with Crippen LogP contribution in [-0.2, 0) is 0 Å². The van der Waals surface area contributed by atoms with Crippen LogP contribution >= 0.6 is 0 Å². The van der Waals surface area contributed by atoms with E-state index < -0.39 is 0 Å². The van der Waals surface area contributed by atoms with Crippen LogP contribution in [-0.4, -0.2) is 20.2 Å². The van der Waals surface area contributed by atoms with E-state index >= 15 is 0 Å². The molecule has 2 aromatic heterocycles. The molecule has 5 nitrogen and oxygen atoms in total. The van der Waals surface area contributed by atoms with Crippen molar-refractivity contribution in [3.63, 3.8) is 0 Å². The lowest BCUT2D eigenvalue weighted by atomic mass is 9.98. The maximum Gasteiger partial charge on any atom is 0.248 e. The second-order valence-electron chi connectivity index (χ2n) is 9.03. The Morgan fingerprint density at radius 1 is 0.500 bits per heavy atom. The predicted octanol–water partition coefficient (Wildman–Crippen LogP) is 7.80. The SMILES string of the molecule is CC(C)c1nc2ccccc2nc1-c1ccc(-c2ccc(-c3nnc(-c4ccccc4)o3)cc2)cc1. The minimum absolute atomic E-state index is 0.274. The number of rotatable bonds is 5. The largest absolute Gasteiger partial charge is 0.416 e. The molecule has 2 heterocycles. The first kappa shape index (κ1) is 21.9. The molecule has 0 aliphatic carbocycles. The van der Waals surface area contributed by atoms with Crippen LogP contribution in [0.15, 0.2) is 108 Å². The van der Waals surface area contributed by atoms with Crippen molar-refractivity contribution in [2.75, 3.05) is 0 Å². The molecule has 0 bridgehead atoms. The Balaban J connectivity index is 1.27. The average Bonchev–Trinajstić information content (AvgIpc) is 3.43. The van der Waals surface area contributed by atoms with Gasteiger partial charge in [0.05, 0.1) is 22.4 Å². The van der Waals surface area contributed by atoms with Crippen molar-refractivity contribution < 1.29 is 4.42 Å². The minimum atomic E-state index is 0.274. The molecule has 0 aliphatic heterocycles. The van der Waals surface area contributed by atoms with Crippen LogP contribution < -0.4 is 0 Å². The van der Waals surface area contributed by atoms with E-state index in [1.54, 1.807) is 0 Å². The van der Waals surface area contributed by atoms with Crippen LogP contribution in [0.4, 0.5) is 0 Å². The Labute approximate surface area is 209 Å². The van der Waals surface area contributed by atoms with Crippen molar-refractivity contribution in [3.05, 3.63) is 109 Å². The summed E-state index contributed by atoms with van der Waals surface area (Å²) in [5.74, 6) is 1.30. The first-order valence-electron chi connectivity index (χ1n) is 12.0. The molecule has 0 atom stereocenters. The number of aromatic nitrogens is 4. The number of fused-ring (bicyclic) bond motifs is 1. The van der Waals surface area contributed by atoms with E-state index in [9.17, 15) is 0 Å². The first-order valence-corrected chi connectivity index (χ1v) is 12.0. The summed E-state index contributed by atoms with van der Waals surface area (Å²) >= 11 is 0. The van der Waals surface area contributed by atoms with Gasteiger partial charge in [0.1, 0.15) is 0 Å². The zero-order valence-corrected chi connectivity index (χ0v) is 20.1. The summed E-state index contributed by atoms with van der Waals surface area (Å²) in [6.07, 6.45) is 0. The standard InChI is InChI=1S/C31H24N4O/c1-20(2)28-29(33-27-11-7-6-10-26(27)32-28)23-16-12-21(13-17-23)22-14-18-25(19-15-22)31-35-34-30(36-31)24-8-4-3-5-9-24/h3-20H,1-2H3. The molecule has 6 aromatic rings. The van der Waals surface area contributed by atoms with Gasteiger partial charge in [-0.1, -0.05) is 80.6 Å². The first-order chi connectivity index (χ1) is 17.7. The van der Waals surface area contributed by atoms with E-state index in [4.69, 9.17) is 14.4 Å². The molecule has 4 aromatic carbocycles. The predicted molar refractivity (Wildman–Crippen MR) is 143 cm³/mol. The quantitative estimate of drug-likeness (QED) is 0.258. The van der Waals surface area contributed by atoms with Crippen molar-refractivity contribution in [2.45, 2.75) is 19.8 Å². The monoisotopic (exact) mass is 468 g/mol. The van der Waals surface area contributed by atoms with Gasteiger partial charge >= 0.3 is 0 Å². The summed E-state index contributed by atoms with van der Waals surface area (Å²) in [5.41, 5.74) is 8.89. The Morgan fingerprint density at radius 2 is 0.972 bits per heavy atom. The maximum atomic E-state index is 5.89. The lowest BCUT2D eigenvalue weighted by molar-refractivity contribution is 0.584. The van der Waals surface area contributed by atoms with Gasteiger partial charge in [0, 0.05) is 16.7 Å². The van der Waals surface area contributed by atoms with Gasteiger partial charge in [0.2, 0.25) is 11.8 Å².